The van der Waals surface area contributed by atoms with E-state index in [0.717, 1.165) is 22.4 Å². The minimum atomic E-state index is -3.54. The smallest absolute Gasteiger partial charge is 0.234 e. The van der Waals surface area contributed by atoms with Crippen molar-refractivity contribution in [1.29, 1.82) is 0 Å². The Balaban J connectivity index is 1.68. The maximum Gasteiger partial charge on any atom is 0.234 e. The third-order valence-electron chi connectivity index (χ3n) is 4.65. The number of carbonyl (C=O) groups is 1. The van der Waals surface area contributed by atoms with Crippen LogP contribution in [0.3, 0.4) is 0 Å². The molecule has 0 saturated heterocycles. The number of aryl methyl sites for hydroxylation is 3. The van der Waals surface area contributed by atoms with E-state index in [1.54, 1.807) is 28.8 Å². The van der Waals surface area contributed by atoms with Crippen molar-refractivity contribution in [3.05, 3.63) is 65.0 Å². The fourth-order valence-electron chi connectivity index (χ4n) is 3.22. The average Bonchev–Trinajstić information content (AvgIpc) is 3.06. The van der Waals surface area contributed by atoms with Crippen molar-refractivity contribution in [2.75, 3.05) is 11.1 Å². The lowest BCUT2D eigenvalue weighted by atomic mass is 10.1. The molecule has 0 spiro atoms. The molecule has 0 atom stereocenters. The van der Waals surface area contributed by atoms with Crippen molar-refractivity contribution in [3.63, 3.8) is 0 Å². The van der Waals surface area contributed by atoms with Crippen LogP contribution in [0.15, 0.2) is 52.5 Å². The summed E-state index contributed by atoms with van der Waals surface area (Å²) in [6.07, 6.45) is 0. The van der Waals surface area contributed by atoms with Gasteiger partial charge in [0, 0.05) is 12.2 Å². The van der Waals surface area contributed by atoms with Crippen LogP contribution in [0.2, 0.25) is 0 Å². The first-order valence-corrected chi connectivity index (χ1v) is 12.5. The molecule has 7 nitrogen and oxygen atoms in total. The van der Waals surface area contributed by atoms with Crippen LogP contribution in [0.4, 0.5) is 5.69 Å². The molecule has 2 aromatic carbocycles. The zero-order chi connectivity index (χ0) is 22.6. The Morgan fingerprint density at radius 3 is 2.26 bits per heavy atom. The number of thioether (sulfide) groups is 1. The first-order valence-electron chi connectivity index (χ1n) is 9.90. The van der Waals surface area contributed by atoms with Crippen LogP contribution >= 0.6 is 11.8 Å². The molecular formula is C22H26N4O3S2. The Bertz CT molecular complexity index is 1170. The predicted molar refractivity (Wildman–Crippen MR) is 123 cm³/mol. The molecule has 1 N–H and O–H groups in total. The zero-order valence-electron chi connectivity index (χ0n) is 18.0. The molecule has 0 aliphatic rings. The fourth-order valence-corrected chi connectivity index (χ4v) is 5.32. The van der Waals surface area contributed by atoms with E-state index < -0.39 is 9.84 Å². The van der Waals surface area contributed by atoms with Crippen LogP contribution in [0.25, 0.3) is 0 Å². The van der Waals surface area contributed by atoms with Crippen molar-refractivity contribution < 1.29 is 13.2 Å². The van der Waals surface area contributed by atoms with E-state index in [1.165, 1.54) is 11.8 Å². The van der Waals surface area contributed by atoms with Gasteiger partial charge in [-0.1, -0.05) is 35.5 Å². The molecule has 164 valence electrons. The van der Waals surface area contributed by atoms with E-state index in [1.807, 2.05) is 45.9 Å². The Hall–Kier alpha value is -2.65. The van der Waals surface area contributed by atoms with Gasteiger partial charge in [0.2, 0.25) is 5.91 Å². The van der Waals surface area contributed by atoms with Gasteiger partial charge in [0.1, 0.15) is 11.6 Å². The summed E-state index contributed by atoms with van der Waals surface area (Å²) in [6, 6.07) is 12.6. The number of aromatic nitrogens is 3. The van der Waals surface area contributed by atoms with Crippen molar-refractivity contribution in [1.82, 2.24) is 14.8 Å². The van der Waals surface area contributed by atoms with Crippen LogP contribution < -0.4 is 5.32 Å². The van der Waals surface area contributed by atoms with Crippen LogP contribution in [0.1, 0.15) is 29.4 Å². The Morgan fingerprint density at radius 2 is 1.65 bits per heavy atom. The lowest BCUT2D eigenvalue weighted by Crippen LogP contribution is -2.15. The number of benzene rings is 2. The van der Waals surface area contributed by atoms with E-state index in [2.05, 4.69) is 15.5 Å². The lowest BCUT2D eigenvalue weighted by molar-refractivity contribution is -0.113. The quantitative estimate of drug-likeness (QED) is 0.514. The topological polar surface area (TPSA) is 93.9 Å². The maximum absolute atomic E-state index is 12.8. The molecular weight excluding hydrogens is 432 g/mol. The monoisotopic (exact) mass is 458 g/mol. The van der Waals surface area contributed by atoms with Gasteiger partial charge in [-0.25, -0.2) is 8.42 Å². The largest absolute Gasteiger partial charge is 0.325 e. The van der Waals surface area contributed by atoms with Crippen molar-refractivity contribution in [2.45, 2.75) is 50.0 Å². The fraction of sp³-hybridized carbons (Fsp3) is 0.318. The second kappa shape index (κ2) is 9.65. The number of amides is 1. The summed E-state index contributed by atoms with van der Waals surface area (Å²) in [7, 11) is -3.54. The number of carbonyl (C=O) groups excluding carboxylic acids is 1. The minimum absolute atomic E-state index is 0.149. The molecule has 31 heavy (non-hydrogen) atoms. The zero-order valence-corrected chi connectivity index (χ0v) is 19.7. The minimum Gasteiger partial charge on any atom is -0.325 e. The Morgan fingerprint density at radius 1 is 1.00 bits per heavy atom. The Labute approximate surface area is 187 Å². The Kier molecular flexibility index (Phi) is 7.17. The number of anilines is 1. The molecule has 0 fully saturated rings. The SMILES string of the molecule is CCn1c(CS(=O)(=O)c2ccc(C)cc2)nnc1SCC(=O)Nc1cc(C)cc(C)c1. The van der Waals surface area contributed by atoms with Gasteiger partial charge in [-0.15, -0.1) is 10.2 Å². The molecule has 0 radical (unpaired) electrons. The molecule has 1 amide bonds. The molecule has 3 aromatic rings. The number of hydrogen-bond donors (Lipinski definition) is 1. The first kappa shape index (κ1) is 23.0. The summed E-state index contributed by atoms with van der Waals surface area (Å²) < 4.78 is 27.3. The van der Waals surface area contributed by atoms with Gasteiger partial charge in [-0.05, 0) is 63.1 Å². The van der Waals surface area contributed by atoms with E-state index >= 15 is 0 Å². The number of rotatable bonds is 8. The third-order valence-corrected chi connectivity index (χ3v) is 7.24. The van der Waals surface area contributed by atoms with Gasteiger partial charge in [0.15, 0.2) is 15.0 Å². The predicted octanol–water partition coefficient (Wildman–Crippen LogP) is 3.93. The van der Waals surface area contributed by atoms with Crippen LogP contribution in [0, 0.1) is 20.8 Å². The van der Waals surface area contributed by atoms with Crippen molar-refractivity contribution in [3.8, 4) is 0 Å². The summed E-state index contributed by atoms with van der Waals surface area (Å²) in [5.74, 6) is 0.108. The third kappa shape index (κ3) is 5.95. The van der Waals surface area contributed by atoms with Gasteiger partial charge in [-0.2, -0.15) is 0 Å². The average molecular weight is 459 g/mol. The summed E-state index contributed by atoms with van der Waals surface area (Å²) in [6.45, 7) is 8.27. The van der Waals surface area contributed by atoms with E-state index in [-0.39, 0.29) is 22.3 Å². The number of nitrogens with one attached hydrogen (secondary N) is 1. The molecule has 1 aromatic heterocycles. The molecule has 0 bridgehead atoms. The summed E-state index contributed by atoms with van der Waals surface area (Å²) >= 11 is 1.23. The highest BCUT2D eigenvalue weighted by molar-refractivity contribution is 7.99. The highest BCUT2D eigenvalue weighted by Crippen LogP contribution is 2.22. The van der Waals surface area contributed by atoms with Gasteiger partial charge in [0.05, 0.1) is 10.6 Å². The van der Waals surface area contributed by atoms with Crippen LogP contribution in [0.5, 0.6) is 0 Å². The molecule has 9 heteroatoms. The molecule has 3 rings (SSSR count). The second-order valence-electron chi connectivity index (χ2n) is 7.43. The van der Waals surface area contributed by atoms with E-state index in [4.69, 9.17) is 0 Å². The standard InChI is InChI=1S/C22H26N4O3S2/c1-5-26-20(14-31(28,29)19-8-6-15(2)7-9-19)24-25-22(26)30-13-21(27)23-18-11-16(3)10-17(4)12-18/h6-12H,5,13-14H2,1-4H3,(H,23,27). The molecule has 0 unspecified atom stereocenters. The number of hydrogen-bond acceptors (Lipinski definition) is 6. The maximum atomic E-state index is 12.8. The number of sulfone groups is 1. The lowest BCUT2D eigenvalue weighted by Gasteiger charge is -2.09. The summed E-state index contributed by atoms with van der Waals surface area (Å²) in [5, 5.41) is 11.6. The van der Waals surface area contributed by atoms with Crippen molar-refractivity contribution in [2.24, 2.45) is 0 Å². The molecule has 1 heterocycles. The normalized spacial score (nSPS) is 11.5. The highest BCUT2D eigenvalue weighted by Gasteiger charge is 2.21. The molecule has 0 aliphatic carbocycles. The molecule has 0 aliphatic heterocycles. The molecule has 0 saturated carbocycles. The van der Waals surface area contributed by atoms with E-state index in [0.29, 0.717) is 17.5 Å². The first-order chi connectivity index (χ1) is 14.7. The van der Waals surface area contributed by atoms with Gasteiger partial charge in [0.25, 0.3) is 0 Å². The van der Waals surface area contributed by atoms with Crippen LogP contribution in [-0.2, 0) is 26.9 Å². The van der Waals surface area contributed by atoms with Crippen molar-refractivity contribution >= 4 is 33.2 Å². The summed E-state index contributed by atoms with van der Waals surface area (Å²) in [4.78, 5) is 12.6. The highest BCUT2D eigenvalue weighted by atomic mass is 32.2. The number of nitrogens with zero attached hydrogens (tertiary/aromatic N) is 3. The van der Waals surface area contributed by atoms with Gasteiger partial charge < -0.3 is 9.88 Å². The van der Waals surface area contributed by atoms with Gasteiger partial charge >= 0.3 is 0 Å². The second-order valence-corrected chi connectivity index (χ2v) is 10.4. The summed E-state index contributed by atoms with van der Waals surface area (Å²) in [5.41, 5.74) is 3.90. The van der Waals surface area contributed by atoms with Gasteiger partial charge in [-0.3, -0.25) is 4.79 Å². The van der Waals surface area contributed by atoms with Crippen LogP contribution in [-0.4, -0.2) is 34.8 Å². The van der Waals surface area contributed by atoms with E-state index in [9.17, 15) is 13.2 Å².